The summed E-state index contributed by atoms with van der Waals surface area (Å²) in [6.45, 7) is 0. The standard InChI is InChI=1S/C5H6F3.BrH.Zn/c6-5(7,8)4-2-1-3-4;;/h1,4H,2-3H2;1H;/q;;+1/p-1. The summed E-state index contributed by atoms with van der Waals surface area (Å²) in [5, 5.41) is 0. The van der Waals surface area contributed by atoms with Crippen LogP contribution in [0.25, 0.3) is 0 Å². The molecule has 0 aliphatic heterocycles. The van der Waals surface area contributed by atoms with Crippen LogP contribution < -0.4 is 17.0 Å². The van der Waals surface area contributed by atoms with E-state index in [0.29, 0.717) is 17.4 Å². The number of alkyl halides is 3. The average molecular weight is 268 g/mol. The Morgan fingerprint density at radius 2 is 1.60 bits per heavy atom. The van der Waals surface area contributed by atoms with Crippen LogP contribution in [0.3, 0.4) is 0 Å². The molecule has 1 rings (SSSR count). The summed E-state index contributed by atoms with van der Waals surface area (Å²) in [5.74, 6) is -0.962. The van der Waals surface area contributed by atoms with Crippen molar-refractivity contribution >= 4 is 0 Å². The van der Waals surface area contributed by atoms with E-state index in [0.717, 1.165) is 18.3 Å². The van der Waals surface area contributed by atoms with Gasteiger partial charge in [0, 0.05) is 0 Å². The minimum absolute atomic E-state index is 0. The molecule has 0 spiro atoms. The minimum atomic E-state index is -3.90. The van der Waals surface area contributed by atoms with E-state index >= 15 is 0 Å². The molecule has 0 amide bonds. The molecule has 1 aliphatic carbocycles. The van der Waals surface area contributed by atoms with E-state index in [9.17, 15) is 13.2 Å². The van der Waals surface area contributed by atoms with Crippen LogP contribution in [0.15, 0.2) is 0 Å². The van der Waals surface area contributed by atoms with Gasteiger partial charge in [-0.15, -0.1) is 0 Å². The van der Waals surface area contributed by atoms with Gasteiger partial charge in [-0.25, -0.2) is 0 Å². The van der Waals surface area contributed by atoms with Crippen LogP contribution in [-0.4, -0.2) is 6.18 Å². The molecule has 0 aromatic heterocycles. The Labute approximate surface area is 78.0 Å². The smallest absolute Gasteiger partial charge is 1.00 e. The van der Waals surface area contributed by atoms with Crippen molar-refractivity contribution < 1.29 is 48.5 Å². The molecule has 0 aromatic rings. The molecule has 1 fully saturated rings. The first-order chi connectivity index (χ1) is 4.00. The Kier molecular flexibility index (Phi) is 3.84. The second-order valence-electron chi connectivity index (χ2n) is 2.58. The van der Waals surface area contributed by atoms with Crippen molar-refractivity contribution in [2.75, 3.05) is 0 Å². The first-order valence-corrected chi connectivity index (χ1v) is 4.61. The Hall–Kier alpha value is 0.893. The van der Waals surface area contributed by atoms with E-state index in [1.807, 2.05) is 0 Å². The second-order valence-corrected chi connectivity index (χ2v) is 5.00. The molecule has 0 bridgehead atoms. The van der Waals surface area contributed by atoms with Crippen molar-refractivity contribution in [2.24, 2.45) is 5.92 Å². The fourth-order valence-electron chi connectivity index (χ4n) is 1.00. The zero-order chi connectivity index (χ0) is 7.07. The van der Waals surface area contributed by atoms with Crippen LogP contribution in [0, 0.1) is 5.92 Å². The summed E-state index contributed by atoms with van der Waals surface area (Å²) in [6, 6.07) is 0. The van der Waals surface area contributed by atoms with Crippen LogP contribution in [0.2, 0.25) is 4.51 Å². The SMILES string of the molecule is FC(F)(F)C1C[CH]([Zn+])C1.[Br-]. The van der Waals surface area contributed by atoms with E-state index in [4.69, 9.17) is 0 Å². The fourth-order valence-corrected chi connectivity index (χ4v) is 2.69. The largest absolute Gasteiger partial charge is 1.00 e. The third-order valence-electron chi connectivity index (χ3n) is 1.70. The molecular formula is C5H6BrF3Zn. The predicted molar refractivity (Wildman–Crippen MR) is 22.5 cm³/mol. The maximum absolute atomic E-state index is 11.7. The molecule has 0 radical (unpaired) electrons. The zero-order valence-corrected chi connectivity index (χ0v) is 9.84. The molecule has 0 atom stereocenters. The topological polar surface area (TPSA) is 0 Å². The van der Waals surface area contributed by atoms with Crippen molar-refractivity contribution in [1.82, 2.24) is 0 Å². The molecule has 0 N–H and O–H groups in total. The average Bonchev–Trinajstić information content (AvgIpc) is 1.55. The number of halogens is 4. The first kappa shape index (κ1) is 10.9. The molecule has 10 heavy (non-hydrogen) atoms. The Bertz CT molecular complexity index is 108. The molecule has 0 heterocycles. The molecular weight excluding hydrogens is 262 g/mol. The summed E-state index contributed by atoms with van der Waals surface area (Å²) in [5.41, 5.74) is 0. The normalized spacial score (nSPS) is 32.5. The maximum Gasteiger partial charge on any atom is -1.00 e. The molecule has 5 heteroatoms. The third-order valence-corrected chi connectivity index (χ3v) is 3.10. The Balaban J connectivity index is 0.000000810. The van der Waals surface area contributed by atoms with Gasteiger partial charge >= 0.3 is 60.9 Å². The van der Waals surface area contributed by atoms with Crippen LogP contribution in [0.5, 0.6) is 0 Å². The fraction of sp³-hybridized carbons (Fsp3) is 1.00. The molecule has 1 aliphatic rings. The summed E-state index contributed by atoms with van der Waals surface area (Å²) >= 11 is 1.02. The van der Waals surface area contributed by atoms with Crippen LogP contribution in [0.4, 0.5) is 13.2 Å². The summed E-state index contributed by atoms with van der Waals surface area (Å²) in [6.07, 6.45) is -3.12. The predicted octanol–water partition coefficient (Wildman–Crippen LogP) is -0.702. The van der Waals surface area contributed by atoms with Crippen molar-refractivity contribution in [3.63, 3.8) is 0 Å². The monoisotopic (exact) mass is 266 g/mol. The summed E-state index contributed by atoms with van der Waals surface area (Å²) < 4.78 is 35.5. The Morgan fingerprint density at radius 1 is 1.20 bits per heavy atom. The molecule has 0 aromatic carbocycles. The van der Waals surface area contributed by atoms with Gasteiger partial charge in [-0.3, -0.25) is 0 Å². The quantitative estimate of drug-likeness (QED) is 0.510. The van der Waals surface area contributed by atoms with Crippen molar-refractivity contribution in [3.05, 3.63) is 0 Å². The van der Waals surface area contributed by atoms with Gasteiger partial charge in [0.25, 0.3) is 0 Å². The number of hydrogen-bond donors (Lipinski definition) is 0. The van der Waals surface area contributed by atoms with Crippen LogP contribution >= 0.6 is 0 Å². The van der Waals surface area contributed by atoms with Gasteiger partial charge in [0.05, 0.1) is 0 Å². The Morgan fingerprint density at radius 3 is 1.70 bits per heavy atom. The van der Waals surface area contributed by atoms with Gasteiger partial charge in [-0.1, -0.05) is 0 Å². The molecule has 56 valence electrons. The number of rotatable bonds is 0. The van der Waals surface area contributed by atoms with Gasteiger partial charge in [0.15, 0.2) is 0 Å². The zero-order valence-electron chi connectivity index (χ0n) is 5.29. The van der Waals surface area contributed by atoms with Gasteiger partial charge in [-0.2, -0.15) is 0 Å². The third kappa shape index (κ3) is 2.50. The van der Waals surface area contributed by atoms with E-state index in [2.05, 4.69) is 0 Å². The first-order valence-electron chi connectivity index (χ1n) is 2.90. The van der Waals surface area contributed by atoms with Crippen LogP contribution in [0.1, 0.15) is 12.8 Å². The summed E-state index contributed by atoms with van der Waals surface area (Å²) in [7, 11) is 0. The summed E-state index contributed by atoms with van der Waals surface area (Å²) in [4.78, 5) is 0. The molecule has 0 saturated heterocycles. The van der Waals surface area contributed by atoms with E-state index in [1.54, 1.807) is 0 Å². The van der Waals surface area contributed by atoms with Crippen molar-refractivity contribution in [3.8, 4) is 0 Å². The molecule has 1 saturated carbocycles. The van der Waals surface area contributed by atoms with Gasteiger partial charge < -0.3 is 17.0 Å². The minimum Gasteiger partial charge on any atom is -1.00 e. The van der Waals surface area contributed by atoms with E-state index < -0.39 is 12.1 Å². The van der Waals surface area contributed by atoms with Crippen molar-refractivity contribution in [2.45, 2.75) is 23.5 Å². The van der Waals surface area contributed by atoms with Crippen LogP contribution in [-0.2, 0) is 18.3 Å². The van der Waals surface area contributed by atoms with E-state index in [1.165, 1.54) is 0 Å². The molecule has 0 nitrogen and oxygen atoms in total. The van der Waals surface area contributed by atoms with Crippen molar-refractivity contribution in [1.29, 1.82) is 0 Å². The van der Waals surface area contributed by atoms with E-state index in [-0.39, 0.29) is 17.0 Å². The number of hydrogen-bond acceptors (Lipinski definition) is 0. The maximum atomic E-state index is 11.7. The second kappa shape index (κ2) is 3.53. The molecule has 0 unspecified atom stereocenters. The van der Waals surface area contributed by atoms with Gasteiger partial charge in [0.1, 0.15) is 0 Å². The van der Waals surface area contributed by atoms with Gasteiger partial charge in [0.2, 0.25) is 0 Å². The van der Waals surface area contributed by atoms with Gasteiger partial charge in [-0.05, 0) is 0 Å².